The van der Waals surface area contributed by atoms with Crippen LogP contribution in [0.4, 0.5) is 0 Å². The number of hydrogen-bond acceptors (Lipinski definition) is 4. The van der Waals surface area contributed by atoms with Gasteiger partial charge in [-0.2, -0.15) is 0 Å². The van der Waals surface area contributed by atoms with Gasteiger partial charge in [0.2, 0.25) is 5.91 Å². The molecule has 0 aromatic rings. The molecule has 4 N–H and O–H groups in total. The number of amides is 1. The zero-order chi connectivity index (χ0) is 10.9. The van der Waals surface area contributed by atoms with E-state index < -0.39 is 30.1 Å². The number of aliphatic hydroxyl groups excluding tert-OH is 1. The zero-order valence-corrected chi connectivity index (χ0v) is 7.88. The van der Waals surface area contributed by atoms with Crippen LogP contribution in [0.5, 0.6) is 0 Å². The summed E-state index contributed by atoms with van der Waals surface area (Å²) < 4.78 is 0. The first-order valence-electron chi connectivity index (χ1n) is 4.42. The summed E-state index contributed by atoms with van der Waals surface area (Å²) in [5.41, 5.74) is 5.36. The molecule has 0 aliphatic carbocycles. The highest BCUT2D eigenvalue weighted by Gasteiger charge is 2.41. The maximum atomic E-state index is 11.4. The maximum absolute atomic E-state index is 11.4. The maximum Gasteiger partial charge on any atom is 0.329 e. The van der Waals surface area contributed by atoms with Gasteiger partial charge in [-0.1, -0.05) is 0 Å². The van der Waals surface area contributed by atoms with E-state index in [2.05, 4.69) is 0 Å². The summed E-state index contributed by atoms with van der Waals surface area (Å²) in [7, 11) is 0. The van der Waals surface area contributed by atoms with Crippen molar-refractivity contribution in [2.45, 2.75) is 31.5 Å². The summed E-state index contributed by atoms with van der Waals surface area (Å²) in [5.74, 6) is -1.63. The predicted molar refractivity (Wildman–Crippen MR) is 47.4 cm³/mol. The zero-order valence-electron chi connectivity index (χ0n) is 7.88. The minimum Gasteiger partial charge on any atom is -0.480 e. The van der Waals surface area contributed by atoms with Gasteiger partial charge >= 0.3 is 5.97 Å². The van der Waals surface area contributed by atoms with E-state index in [4.69, 9.17) is 10.8 Å². The number of rotatable bonds is 2. The molecule has 0 bridgehead atoms. The second-order valence-electron chi connectivity index (χ2n) is 3.46. The van der Waals surface area contributed by atoms with Gasteiger partial charge in [0.25, 0.3) is 0 Å². The first-order chi connectivity index (χ1) is 6.45. The molecule has 1 amide bonds. The molecule has 0 spiro atoms. The molecule has 80 valence electrons. The van der Waals surface area contributed by atoms with Gasteiger partial charge in [-0.05, 0) is 13.3 Å². The summed E-state index contributed by atoms with van der Waals surface area (Å²) in [4.78, 5) is 23.3. The van der Waals surface area contributed by atoms with Gasteiger partial charge < -0.3 is 20.8 Å². The topological polar surface area (TPSA) is 104 Å². The van der Waals surface area contributed by atoms with Crippen molar-refractivity contribution in [3.63, 3.8) is 0 Å². The Morgan fingerprint density at radius 1 is 1.57 bits per heavy atom. The van der Waals surface area contributed by atoms with E-state index >= 15 is 0 Å². The van der Waals surface area contributed by atoms with E-state index in [1.807, 2.05) is 0 Å². The molecule has 1 aliphatic heterocycles. The number of aliphatic hydroxyl groups is 1. The van der Waals surface area contributed by atoms with Crippen LogP contribution in [0.3, 0.4) is 0 Å². The highest BCUT2D eigenvalue weighted by molar-refractivity contribution is 5.87. The Morgan fingerprint density at radius 2 is 2.14 bits per heavy atom. The molecule has 0 radical (unpaired) electrons. The highest BCUT2D eigenvalue weighted by atomic mass is 16.4. The normalized spacial score (nSPS) is 28.9. The molecule has 0 aromatic carbocycles. The van der Waals surface area contributed by atoms with Crippen LogP contribution in [-0.4, -0.2) is 51.7 Å². The molecule has 1 saturated heterocycles. The number of nitrogens with zero attached hydrogens (tertiary/aromatic N) is 1. The number of aliphatic carboxylic acids is 1. The van der Waals surface area contributed by atoms with E-state index in [0.717, 1.165) is 4.90 Å². The summed E-state index contributed by atoms with van der Waals surface area (Å²) in [6.07, 6.45) is -0.703. The molecule has 1 rings (SSSR count). The Hall–Kier alpha value is -1.14. The standard InChI is InChI=1S/C8H14N2O4/c1-4(9)7(12)10-3-2-5(11)6(10)8(13)14/h4-6,11H,2-3,9H2,1H3,(H,13,14)/t4-,5?,6-/m0/s1. The van der Waals surface area contributed by atoms with Gasteiger partial charge in [0.1, 0.15) is 0 Å². The Balaban J connectivity index is 2.79. The summed E-state index contributed by atoms with van der Waals surface area (Å²) in [6, 6.07) is -1.88. The van der Waals surface area contributed by atoms with Crippen molar-refractivity contribution >= 4 is 11.9 Å². The Kier molecular flexibility index (Phi) is 3.07. The third-order valence-electron chi connectivity index (χ3n) is 2.29. The van der Waals surface area contributed by atoms with Crippen LogP contribution in [0, 0.1) is 0 Å². The minimum atomic E-state index is -1.19. The van der Waals surface area contributed by atoms with Crippen LogP contribution >= 0.6 is 0 Å². The van der Waals surface area contributed by atoms with Gasteiger partial charge in [0, 0.05) is 6.54 Å². The van der Waals surface area contributed by atoms with E-state index in [1.54, 1.807) is 0 Å². The quantitative estimate of drug-likeness (QED) is 0.499. The van der Waals surface area contributed by atoms with Crippen molar-refractivity contribution in [2.75, 3.05) is 6.54 Å². The molecule has 3 atom stereocenters. The average Bonchev–Trinajstić information content (AvgIpc) is 2.45. The number of carboxylic acids is 1. The minimum absolute atomic E-state index is 0.249. The molecule has 6 heteroatoms. The van der Waals surface area contributed by atoms with Gasteiger partial charge in [0.05, 0.1) is 12.1 Å². The first-order valence-corrected chi connectivity index (χ1v) is 4.42. The van der Waals surface area contributed by atoms with Crippen LogP contribution < -0.4 is 5.73 Å². The van der Waals surface area contributed by atoms with Crippen molar-refractivity contribution in [2.24, 2.45) is 5.73 Å². The smallest absolute Gasteiger partial charge is 0.329 e. The van der Waals surface area contributed by atoms with Crippen LogP contribution in [0.25, 0.3) is 0 Å². The second-order valence-corrected chi connectivity index (χ2v) is 3.46. The number of hydrogen-bond donors (Lipinski definition) is 3. The number of carbonyl (C=O) groups excluding carboxylic acids is 1. The van der Waals surface area contributed by atoms with E-state index in [9.17, 15) is 14.7 Å². The van der Waals surface area contributed by atoms with Gasteiger partial charge in [-0.3, -0.25) is 4.79 Å². The fraction of sp³-hybridized carbons (Fsp3) is 0.750. The molecule has 0 saturated carbocycles. The van der Waals surface area contributed by atoms with Crippen molar-refractivity contribution in [3.05, 3.63) is 0 Å². The lowest BCUT2D eigenvalue weighted by atomic mass is 10.1. The fourth-order valence-electron chi connectivity index (χ4n) is 1.58. The summed E-state index contributed by atoms with van der Waals surface area (Å²) in [5, 5.41) is 18.1. The largest absolute Gasteiger partial charge is 0.480 e. The highest BCUT2D eigenvalue weighted by Crippen LogP contribution is 2.18. The molecule has 1 aliphatic rings. The van der Waals surface area contributed by atoms with Crippen molar-refractivity contribution < 1.29 is 19.8 Å². The molecular formula is C8H14N2O4. The second kappa shape index (κ2) is 3.93. The predicted octanol–water partition coefficient (Wildman–Crippen LogP) is -1.62. The van der Waals surface area contributed by atoms with Crippen LogP contribution in [0.15, 0.2) is 0 Å². The SMILES string of the molecule is C[C@H](N)C(=O)N1CCC(O)[C@H]1C(=O)O. The molecule has 1 fully saturated rings. The summed E-state index contributed by atoms with van der Waals surface area (Å²) >= 11 is 0. The molecule has 6 nitrogen and oxygen atoms in total. The average molecular weight is 202 g/mol. The fourth-order valence-corrected chi connectivity index (χ4v) is 1.58. The molecular weight excluding hydrogens is 188 g/mol. The van der Waals surface area contributed by atoms with Crippen molar-refractivity contribution in [3.8, 4) is 0 Å². The number of carboxylic acid groups (broad SMARTS) is 1. The van der Waals surface area contributed by atoms with Gasteiger partial charge in [-0.25, -0.2) is 4.79 Å². The van der Waals surface area contributed by atoms with E-state index in [1.165, 1.54) is 6.92 Å². The van der Waals surface area contributed by atoms with E-state index in [-0.39, 0.29) is 13.0 Å². The Morgan fingerprint density at radius 3 is 2.57 bits per heavy atom. The number of nitrogens with two attached hydrogens (primary N) is 1. The Labute approximate surface area is 81.3 Å². The first kappa shape index (κ1) is 10.9. The number of likely N-dealkylation sites (tertiary alicyclic amines) is 1. The molecule has 14 heavy (non-hydrogen) atoms. The summed E-state index contributed by atoms with van der Waals surface area (Å²) in [6.45, 7) is 1.74. The monoisotopic (exact) mass is 202 g/mol. The van der Waals surface area contributed by atoms with Gasteiger partial charge in [0.15, 0.2) is 6.04 Å². The Bertz CT molecular complexity index is 254. The van der Waals surface area contributed by atoms with E-state index in [0.29, 0.717) is 0 Å². The lowest BCUT2D eigenvalue weighted by molar-refractivity contribution is -0.151. The van der Waals surface area contributed by atoms with Crippen molar-refractivity contribution in [1.29, 1.82) is 0 Å². The lowest BCUT2D eigenvalue weighted by Crippen LogP contribution is -2.50. The van der Waals surface area contributed by atoms with Crippen LogP contribution in [0.2, 0.25) is 0 Å². The third kappa shape index (κ3) is 1.85. The van der Waals surface area contributed by atoms with Crippen LogP contribution in [0.1, 0.15) is 13.3 Å². The third-order valence-corrected chi connectivity index (χ3v) is 2.29. The molecule has 1 unspecified atom stereocenters. The van der Waals surface area contributed by atoms with Gasteiger partial charge in [-0.15, -0.1) is 0 Å². The number of carbonyl (C=O) groups is 2. The lowest BCUT2D eigenvalue weighted by Gasteiger charge is -2.24. The van der Waals surface area contributed by atoms with Crippen molar-refractivity contribution in [1.82, 2.24) is 4.90 Å². The van der Waals surface area contributed by atoms with Crippen LogP contribution in [-0.2, 0) is 9.59 Å². The molecule has 1 heterocycles. The molecule has 0 aromatic heterocycles.